The number of carbonyl (C=O) groups excluding carboxylic acids is 2. The predicted molar refractivity (Wildman–Crippen MR) is 128 cm³/mol. The fourth-order valence-electron chi connectivity index (χ4n) is 5.23. The van der Waals surface area contributed by atoms with Crippen LogP contribution in [0.2, 0.25) is 0 Å². The van der Waals surface area contributed by atoms with Gasteiger partial charge in [0.25, 0.3) is 0 Å². The molecule has 1 saturated carbocycles. The highest BCUT2D eigenvalue weighted by Crippen LogP contribution is 2.44. The smallest absolute Gasteiger partial charge is 0.408 e. The Morgan fingerprint density at radius 3 is 2.18 bits per heavy atom. The Labute approximate surface area is 199 Å². The van der Waals surface area contributed by atoms with E-state index < -0.39 is 17.6 Å². The second-order valence-electron chi connectivity index (χ2n) is 9.32. The molecule has 4 rings (SSSR count). The molecule has 3 N–H and O–H groups in total. The van der Waals surface area contributed by atoms with Crippen molar-refractivity contribution in [1.82, 2.24) is 10.6 Å². The molecule has 0 aliphatic heterocycles. The third kappa shape index (κ3) is 4.93. The lowest BCUT2D eigenvalue weighted by molar-refractivity contribution is -0.138. The van der Waals surface area contributed by atoms with Crippen LogP contribution >= 0.6 is 0 Å². The van der Waals surface area contributed by atoms with E-state index in [1.54, 1.807) is 0 Å². The molecule has 2 aromatic carbocycles. The molecule has 2 aromatic rings. The van der Waals surface area contributed by atoms with Crippen LogP contribution in [-0.2, 0) is 14.3 Å². The van der Waals surface area contributed by atoms with Crippen LogP contribution in [0.15, 0.2) is 48.5 Å². The van der Waals surface area contributed by atoms with E-state index in [0.29, 0.717) is 19.3 Å². The van der Waals surface area contributed by atoms with Crippen molar-refractivity contribution < 1.29 is 24.2 Å². The minimum absolute atomic E-state index is 0.00356. The number of benzene rings is 2. The van der Waals surface area contributed by atoms with Gasteiger partial charge in [-0.3, -0.25) is 9.59 Å². The molecular formula is C27H32N2O5. The molecule has 0 saturated heterocycles. The van der Waals surface area contributed by atoms with Gasteiger partial charge in [-0.15, -0.1) is 0 Å². The minimum Gasteiger partial charge on any atom is -0.481 e. The molecule has 1 atom stereocenters. The molecular weight excluding hydrogens is 432 g/mol. The van der Waals surface area contributed by atoms with Gasteiger partial charge >= 0.3 is 12.1 Å². The van der Waals surface area contributed by atoms with Gasteiger partial charge in [-0.25, -0.2) is 4.79 Å². The zero-order valence-corrected chi connectivity index (χ0v) is 19.5. The van der Waals surface area contributed by atoms with E-state index in [0.717, 1.165) is 35.1 Å². The molecule has 1 unspecified atom stereocenters. The maximum Gasteiger partial charge on any atom is 0.408 e. The Kier molecular flexibility index (Phi) is 7.20. The van der Waals surface area contributed by atoms with Crippen LogP contribution in [0.5, 0.6) is 0 Å². The summed E-state index contributed by atoms with van der Waals surface area (Å²) in [5.74, 6) is -1.34. The largest absolute Gasteiger partial charge is 0.481 e. The SMILES string of the molecule is CCC(CNC(=O)C1(NC(=O)OCC2c3ccccc3-c3ccccc32)CCCC1)CC(=O)O. The number of carboxylic acids is 1. The van der Waals surface area contributed by atoms with Crippen LogP contribution in [0.25, 0.3) is 11.1 Å². The van der Waals surface area contributed by atoms with E-state index in [1.807, 2.05) is 31.2 Å². The number of carboxylic acid groups (broad SMARTS) is 1. The number of amides is 2. The van der Waals surface area contributed by atoms with Gasteiger partial charge in [0.1, 0.15) is 12.1 Å². The van der Waals surface area contributed by atoms with Crippen molar-refractivity contribution in [3.05, 3.63) is 59.7 Å². The minimum atomic E-state index is -1.01. The molecule has 7 heteroatoms. The highest BCUT2D eigenvalue weighted by Gasteiger charge is 2.43. The standard InChI is InChI=1S/C27H32N2O5/c1-2-18(15-24(30)31)16-28-25(32)27(13-7-8-14-27)29-26(33)34-17-23-21-11-5-3-9-19(21)20-10-4-6-12-22(20)23/h3-6,9-12,18,23H,2,7-8,13-17H2,1H3,(H,28,32)(H,29,33)(H,30,31). The average Bonchev–Trinajstić information content (AvgIpc) is 3.43. The van der Waals surface area contributed by atoms with E-state index in [4.69, 9.17) is 9.84 Å². The number of alkyl carbamates (subject to hydrolysis) is 1. The van der Waals surface area contributed by atoms with Gasteiger partial charge in [-0.05, 0) is 41.0 Å². The number of carbonyl (C=O) groups is 3. The summed E-state index contributed by atoms with van der Waals surface area (Å²) in [7, 11) is 0. The summed E-state index contributed by atoms with van der Waals surface area (Å²) in [6.45, 7) is 2.36. The molecule has 180 valence electrons. The third-order valence-corrected chi connectivity index (χ3v) is 7.17. The Hall–Kier alpha value is -3.35. The first-order valence-electron chi connectivity index (χ1n) is 12.1. The van der Waals surface area contributed by atoms with Gasteiger partial charge < -0.3 is 20.5 Å². The van der Waals surface area contributed by atoms with Gasteiger partial charge in [-0.2, -0.15) is 0 Å². The molecule has 0 aromatic heterocycles. The first kappa shape index (κ1) is 23.8. The Morgan fingerprint density at radius 2 is 1.62 bits per heavy atom. The summed E-state index contributed by atoms with van der Waals surface area (Å²) in [4.78, 5) is 36.9. The molecule has 0 bridgehead atoms. The molecule has 0 heterocycles. The number of ether oxygens (including phenoxy) is 1. The monoisotopic (exact) mass is 464 g/mol. The van der Waals surface area contributed by atoms with Crippen LogP contribution < -0.4 is 10.6 Å². The van der Waals surface area contributed by atoms with Crippen molar-refractivity contribution in [2.45, 2.75) is 56.9 Å². The number of rotatable bonds is 9. The number of hydrogen-bond donors (Lipinski definition) is 3. The molecule has 0 spiro atoms. The first-order valence-corrected chi connectivity index (χ1v) is 12.1. The van der Waals surface area contributed by atoms with Crippen LogP contribution in [0.3, 0.4) is 0 Å². The molecule has 0 radical (unpaired) electrons. The van der Waals surface area contributed by atoms with Gasteiger partial charge in [0.05, 0.1) is 0 Å². The summed E-state index contributed by atoms with van der Waals surface area (Å²) >= 11 is 0. The third-order valence-electron chi connectivity index (χ3n) is 7.17. The van der Waals surface area contributed by atoms with E-state index in [1.165, 1.54) is 0 Å². The topological polar surface area (TPSA) is 105 Å². The van der Waals surface area contributed by atoms with Crippen LogP contribution in [0.1, 0.15) is 62.5 Å². The number of nitrogens with one attached hydrogen (secondary N) is 2. The van der Waals surface area contributed by atoms with Gasteiger partial charge in [0.2, 0.25) is 5.91 Å². The van der Waals surface area contributed by atoms with Gasteiger partial charge in [-0.1, -0.05) is 74.7 Å². The second-order valence-corrected chi connectivity index (χ2v) is 9.32. The summed E-state index contributed by atoms with van der Waals surface area (Å²) in [6.07, 6.45) is 2.81. The van der Waals surface area contributed by atoms with E-state index in [-0.39, 0.29) is 37.3 Å². The van der Waals surface area contributed by atoms with Crippen molar-refractivity contribution in [3.8, 4) is 11.1 Å². The number of hydrogen-bond acceptors (Lipinski definition) is 4. The van der Waals surface area contributed by atoms with Crippen molar-refractivity contribution in [1.29, 1.82) is 0 Å². The fourth-order valence-corrected chi connectivity index (χ4v) is 5.23. The number of aliphatic carboxylic acids is 1. The average molecular weight is 465 g/mol. The highest BCUT2D eigenvalue weighted by molar-refractivity contribution is 5.90. The first-order chi connectivity index (χ1) is 16.4. The number of fused-ring (bicyclic) bond motifs is 3. The molecule has 34 heavy (non-hydrogen) atoms. The highest BCUT2D eigenvalue weighted by atomic mass is 16.5. The van der Waals surface area contributed by atoms with E-state index in [2.05, 4.69) is 34.9 Å². The summed E-state index contributed by atoms with van der Waals surface area (Å²) in [6, 6.07) is 16.3. The molecule has 2 aliphatic rings. The lowest BCUT2D eigenvalue weighted by Crippen LogP contribution is -2.57. The predicted octanol–water partition coefficient (Wildman–Crippen LogP) is 4.46. The molecule has 2 amide bonds. The van der Waals surface area contributed by atoms with Crippen LogP contribution in [0.4, 0.5) is 4.79 Å². The lowest BCUT2D eigenvalue weighted by Gasteiger charge is -2.29. The normalized spacial score (nSPS) is 16.9. The summed E-state index contributed by atoms with van der Waals surface area (Å²) < 4.78 is 5.67. The zero-order valence-electron chi connectivity index (χ0n) is 19.5. The van der Waals surface area contributed by atoms with E-state index in [9.17, 15) is 14.4 Å². The van der Waals surface area contributed by atoms with Crippen LogP contribution in [-0.4, -0.2) is 41.8 Å². The van der Waals surface area contributed by atoms with Crippen molar-refractivity contribution in [2.24, 2.45) is 5.92 Å². The van der Waals surface area contributed by atoms with Crippen molar-refractivity contribution in [2.75, 3.05) is 13.2 Å². The Balaban J connectivity index is 1.39. The fraction of sp³-hybridized carbons (Fsp3) is 0.444. The summed E-state index contributed by atoms with van der Waals surface area (Å²) in [5, 5.41) is 14.8. The van der Waals surface area contributed by atoms with Gasteiger partial charge in [0, 0.05) is 18.9 Å². The summed E-state index contributed by atoms with van der Waals surface area (Å²) in [5.41, 5.74) is 3.57. The lowest BCUT2D eigenvalue weighted by atomic mass is 9.95. The maximum absolute atomic E-state index is 13.1. The quantitative estimate of drug-likeness (QED) is 0.508. The second kappa shape index (κ2) is 10.3. The molecule has 1 fully saturated rings. The maximum atomic E-state index is 13.1. The molecule has 2 aliphatic carbocycles. The van der Waals surface area contributed by atoms with Crippen molar-refractivity contribution in [3.63, 3.8) is 0 Å². The zero-order chi connectivity index (χ0) is 24.1. The van der Waals surface area contributed by atoms with Crippen LogP contribution in [0, 0.1) is 5.92 Å². The molecule has 7 nitrogen and oxygen atoms in total. The Morgan fingerprint density at radius 1 is 1.03 bits per heavy atom. The van der Waals surface area contributed by atoms with E-state index >= 15 is 0 Å². The van der Waals surface area contributed by atoms with Crippen molar-refractivity contribution >= 4 is 18.0 Å². The van der Waals surface area contributed by atoms with Gasteiger partial charge in [0.15, 0.2) is 0 Å². The Bertz CT molecular complexity index is 1010.